The van der Waals surface area contributed by atoms with E-state index < -0.39 is 23.7 Å². The summed E-state index contributed by atoms with van der Waals surface area (Å²) in [4.78, 5) is 45.0. The van der Waals surface area contributed by atoms with Crippen molar-refractivity contribution in [2.24, 2.45) is 0 Å². The quantitative estimate of drug-likeness (QED) is 0.204. The summed E-state index contributed by atoms with van der Waals surface area (Å²) in [5.41, 5.74) is 1.66. The number of aromatic nitrogens is 1. The number of ketones is 1. The number of amides is 1. The van der Waals surface area contributed by atoms with E-state index in [0.29, 0.717) is 39.6 Å². The van der Waals surface area contributed by atoms with E-state index in [1.54, 1.807) is 50.2 Å². The number of aryl methyl sites for hydroxylation is 2. The average Bonchev–Trinajstić information content (AvgIpc) is 3.43. The SMILES string of the molecule is COC(=O)c1sc(N2C(=O)C(=O)/C(=C(/O)c3ccc(OC)cc3C)C2c2ccc(OC)c(OC)c2)nc1C. The molecule has 1 aliphatic heterocycles. The number of carbonyl (C=O) groups excluding carboxylic acids is 3. The number of aliphatic hydroxyl groups excluding tert-OH is 1. The Morgan fingerprint density at radius 1 is 0.974 bits per heavy atom. The van der Waals surface area contributed by atoms with Gasteiger partial charge in [-0.15, -0.1) is 0 Å². The summed E-state index contributed by atoms with van der Waals surface area (Å²) >= 11 is 0.919. The van der Waals surface area contributed by atoms with Crippen molar-refractivity contribution in [3.63, 3.8) is 0 Å². The number of benzene rings is 2. The minimum absolute atomic E-state index is 0.107. The molecular weight excluding hydrogens is 512 g/mol. The Morgan fingerprint density at radius 2 is 1.68 bits per heavy atom. The van der Waals surface area contributed by atoms with E-state index in [1.165, 1.54) is 33.3 Å². The van der Waals surface area contributed by atoms with Gasteiger partial charge in [0.2, 0.25) is 0 Å². The Morgan fingerprint density at radius 3 is 2.29 bits per heavy atom. The van der Waals surface area contributed by atoms with Crippen molar-refractivity contribution in [1.29, 1.82) is 0 Å². The smallest absolute Gasteiger partial charge is 0.350 e. The predicted octanol–water partition coefficient (Wildman–Crippen LogP) is 4.20. The Balaban J connectivity index is 1.98. The maximum atomic E-state index is 13.5. The number of methoxy groups -OCH3 is 4. The molecule has 1 fully saturated rings. The van der Waals surface area contributed by atoms with Crippen LogP contribution in [0.4, 0.5) is 5.13 Å². The van der Waals surface area contributed by atoms with Gasteiger partial charge >= 0.3 is 11.9 Å². The molecule has 0 spiro atoms. The molecule has 38 heavy (non-hydrogen) atoms. The van der Waals surface area contributed by atoms with Gasteiger partial charge in [0.1, 0.15) is 16.4 Å². The molecule has 1 aromatic heterocycles. The van der Waals surface area contributed by atoms with Crippen LogP contribution >= 0.6 is 11.3 Å². The van der Waals surface area contributed by atoms with Crippen molar-refractivity contribution in [2.75, 3.05) is 33.3 Å². The van der Waals surface area contributed by atoms with Crippen molar-refractivity contribution in [3.8, 4) is 17.2 Å². The zero-order valence-electron chi connectivity index (χ0n) is 21.6. The van der Waals surface area contributed by atoms with Gasteiger partial charge in [0.15, 0.2) is 16.6 Å². The molecule has 4 rings (SSSR count). The number of anilines is 1. The van der Waals surface area contributed by atoms with Crippen LogP contribution in [0.1, 0.15) is 38.1 Å². The molecule has 1 atom stereocenters. The van der Waals surface area contributed by atoms with Gasteiger partial charge in [-0.1, -0.05) is 17.4 Å². The number of hydrogen-bond acceptors (Lipinski definition) is 10. The summed E-state index contributed by atoms with van der Waals surface area (Å²) in [6.45, 7) is 3.36. The Labute approximate surface area is 223 Å². The molecule has 0 radical (unpaired) electrons. The molecule has 2 heterocycles. The van der Waals surface area contributed by atoms with Crippen LogP contribution in [-0.2, 0) is 14.3 Å². The third-order valence-corrected chi connectivity index (χ3v) is 7.36. The lowest BCUT2D eigenvalue weighted by Gasteiger charge is -2.24. The molecule has 1 amide bonds. The first-order chi connectivity index (χ1) is 18.2. The molecule has 1 N–H and O–H groups in total. The van der Waals surface area contributed by atoms with Crippen LogP contribution in [0.5, 0.6) is 17.2 Å². The first-order valence-corrected chi connectivity index (χ1v) is 12.2. The zero-order valence-corrected chi connectivity index (χ0v) is 22.5. The second kappa shape index (κ2) is 10.5. The molecule has 0 bridgehead atoms. The third-order valence-electron chi connectivity index (χ3n) is 6.22. The highest BCUT2D eigenvalue weighted by molar-refractivity contribution is 7.17. The van der Waals surface area contributed by atoms with E-state index in [4.69, 9.17) is 18.9 Å². The van der Waals surface area contributed by atoms with Crippen LogP contribution in [0.3, 0.4) is 0 Å². The van der Waals surface area contributed by atoms with E-state index >= 15 is 0 Å². The van der Waals surface area contributed by atoms with Gasteiger partial charge in [0, 0.05) is 5.56 Å². The fourth-order valence-corrected chi connectivity index (χ4v) is 5.32. The molecule has 2 aromatic carbocycles. The normalized spacial score (nSPS) is 16.5. The summed E-state index contributed by atoms with van der Waals surface area (Å²) in [5, 5.41) is 11.6. The minimum Gasteiger partial charge on any atom is -0.507 e. The fraction of sp³-hybridized carbons (Fsp3) is 0.259. The van der Waals surface area contributed by atoms with E-state index in [1.807, 2.05) is 0 Å². The molecule has 0 saturated carbocycles. The largest absolute Gasteiger partial charge is 0.507 e. The molecule has 1 aliphatic rings. The van der Waals surface area contributed by atoms with Crippen LogP contribution in [-0.4, -0.2) is 56.2 Å². The summed E-state index contributed by atoms with van der Waals surface area (Å²) in [6, 6.07) is 8.83. The van der Waals surface area contributed by atoms with E-state index in [0.717, 1.165) is 11.3 Å². The molecule has 10 nitrogen and oxygen atoms in total. The van der Waals surface area contributed by atoms with E-state index in [2.05, 4.69) is 4.98 Å². The van der Waals surface area contributed by atoms with Gasteiger partial charge in [-0.3, -0.25) is 14.5 Å². The number of Topliss-reactive ketones (excluding diaryl/α,β-unsaturated/α-hetero) is 1. The second-order valence-corrected chi connectivity index (χ2v) is 9.34. The number of hydrogen-bond donors (Lipinski definition) is 1. The predicted molar refractivity (Wildman–Crippen MR) is 140 cm³/mol. The highest BCUT2D eigenvalue weighted by Crippen LogP contribution is 2.45. The highest BCUT2D eigenvalue weighted by Gasteiger charge is 2.48. The maximum absolute atomic E-state index is 13.5. The zero-order chi connectivity index (χ0) is 27.7. The van der Waals surface area contributed by atoms with E-state index in [9.17, 15) is 19.5 Å². The number of esters is 1. The van der Waals surface area contributed by atoms with Crippen molar-refractivity contribution in [3.05, 3.63) is 69.2 Å². The van der Waals surface area contributed by atoms with Crippen molar-refractivity contribution in [1.82, 2.24) is 4.98 Å². The third kappa shape index (κ3) is 4.45. The first-order valence-electron chi connectivity index (χ1n) is 11.4. The number of thiazole rings is 1. The van der Waals surface area contributed by atoms with Gasteiger partial charge in [0.05, 0.1) is 45.7 Å². The lowest BCUT2D eigenvalue weighted by atomic mass is 9.93. The number of carbonyl (C=O) groups is 3. The van der Waals surface area contributed by atoms with Gasteiger partial charge < -0.3 is 24.1 Å². The topological polar surface area (TPSA) is 124 Å². The van der Waals surface area contributed by atoms with Crippen molar-refractivity contribution < 1.29 is 38.4 Å². The number of ether oxygens (including phenoxy) is 4. The lowest BCUT2D eigenvalue weighted by molar-refractivity contribution is -0.132. The first kappa shape index (κ1) is 26.7. The van der Waals surface area contributed by atoms with Crippen LogP contribution in [0, 0.1) is 13.8 Å². The summed E-state index contributed by atoms with van der Waals surface area (Å²) in [7, 11) is 5.72. The standard InChI is InChI=1S/C27H26N2O8S/c1-13-11-16(34-3)8-9-17(13)22(30)20-21(15-7-10-18(35-4)19(12-15)36-5)29(25(32)23(20)31)27-28-14(2)24(38-27)26(33)37-6/h7-12,21,30H,1-6H3/b22-20+. The molecule has 3 aromatic rings. The van der Waals surface area contributed by atoms with Crippen LogP contribution in [0.25, 0.3) is 5.76 Å². The lowest BCUT2D eigenvalue weighted by Crippen LogP contribution is -2.29. The molecule has 0 aliphatic carbocycles. The molecule has 1 unspecified atom stereocenters. The van der Waals surface area contributed by atoms with Crippen molar-refractivity contribution in [2.45, 2.75) is 19.9 Å². The van der Waals surface area contributed by atoms with Crippen LogP contribution < -0.4 is 19.1 Å². The molecular formula is C27H26N2O8S. The van der Waals surface area contributed by atoms with E-state index in [-0.39, 0.29) is 21.3 Å². The average molecular weight is 539 g/mol. The Bertz CT molecular complexity index is 1480. The minimum atomic E-state index is -1.08. The Hall–Kier alpha value is -4.38. The number of rotatable bonds is 7. The Kier molecular flexibility index (Phi) is 7.40. The van der Waals surface area contributed by atoms with Crippen LogP contribution in [0.15, 0.2) is 42.0 Å². The molecule has 1 saturated heterocycles. The molecule has 198 valence electrons. The van der Waals surface area contributed by atoms with Crippen molar-refractivity contribution >= 4 is 39.9 Å². The van der Waals surface area contributed by atoms with Gasteiger partial charge in [-0.05, 0) is 55.3 Å². The molecule has 11 heteroatoms. The van der Waals surface area contributed by atoms with Crippen LogP contribution in [0.2, 0.25) is 0 Å². The van der Waals surface area contributed by atoms with Gasteiger partial charge in [-0.25, -0.2) is 9.78 Å². The van der Waals surface area contributed by atoms with Gasteiger partial charge in [-0.2, -0.15) is 0 Å². The monoisotopic (exact) mass is 538 g/mol. The van der Waals surface area contributed by atoms with Gasteiger partial charge in [0.25, 0.3) is 5.78 Å². The second-order valence-electron chi connectivity index (χ2n) is 8.37. The highest BCUT2D eigenvalue weighted by atomic mass is 32.1. The maximum Gasteiger partial charge on any atom is 0.350 e. The summed E-state index contributed by atoms with van der Waals surface area (Å²) in [5.74, 6) is -1.39. The summed E-state index contributed by atoms with van der Waals surface area (Å²) < 4.78 is 20.9. The fourth-order valence-electron chi connectivity index (χ4n) is 4.31. The summed E-state index contributed by atoms with van der Waals surface area (Å²) in [6.07, 6.45) is 0. The number of nitrogens with zero attached hydrogens (tertiary/aromatic N) is 2. The number of aliphatic hydroxyl groups is 1.